The van der Waals surface area contributed by atoms with Crippen molar-refractivity contribution >= 4 is 45.8 Å². The molecule has 2 saturated heterocycles. The number of amides is 1. The molecule has 1 N–H and O–H groups in total. The molecule has 0 aliphatic carbocycles. The molecule has 174 valence electrons. The molecule has 2 aromatic carbocycles. The van der Waals surface area contributed by atoms with E-state index < -0.39 is 0 Å². The topological polar surface area (TPSA) is 53.4 Å². The minimum Gasteiger partial charge on any atom is -0.365 e. The first kappa shape index (κ1) is 22.5. The standard InChI is InChI=1S/C25H29Cl2N5O/c1-16-14-30(25(33)23-4-3-9-28-23)10-11-31(16)19-6-8-22-24(13-19)32(15-29-22)17(2)20-7-5-18(26)12-21(20)27/h5-8,12-13,15-17,23,28H,3-4,9-11,14H2,1-2H3/t16?,17-,23?/m1/s1. The van der Waals surface area contributed by atoms with Gasteiger partial charge in [-0.25, -0.2) is 4.98 Å². The van der Waals surface area contributed by atoms with Gasteiger partial charge in [0.2, 0.25) is 5.91 Å². The number of carbonyl (C=O) groups excluding carboxylic acids is 1. The predicted octanol–water partition coefficient (Wildman–Crippen LogP) is 4.74. The van der Waals surface area contributed by atoms with Crippen molar-refractivity contribution in [3.63, 3.8) is 0 Å². The van der Waals surface area contributed by atoms with E-state index >= 15 is 0 Å². The molecular formula is C25H29Cl2N5O. The van der Waals surface area contributed by atoms with Crippen molar-refractivity contribution in [1.29, 1.82) is 0 Å². The fourth-order valence-electron chi connectivity index (χ4n) is 5.15. The highest BCUT2D eigenvalue weighted by Gasteiger charge is 2.32. The SMILES string of the molecule is CC1CN(C(=O)C2CCCN2)CCN1c1ccc2ncn([C@H](C)c3ccc(Cl)cc3Cl)c2c1. The summed E-state index contributed by atoms with van der Waals surface area (Å²) in [6.07, 6.45) is 3.90. The van der Waals surface area contributed by atoms with Gasteiger partial charge in [0.1, 0.15) is 0 Å². The molecule has 0 radical (unpaired) electrons. The van der Waals surface area contributed by atoms with Crippen LogP contribution in [0.15, 0.2) is 42.7 Å². The lowest BCUT2D eigenvalue weighted by Crippen LogP contribution is -2.56. The Morgan fingerprint density at radius 3 is 2.76 bits per heavy atom. The third-order valence-corrected chi connectivity index (χ3v) is 7.58. The summed E-state index contributed by atoms with van der Waals surface area (Å²) in [6, 6.07) is 12.3. The number of benzene rings is 2. The van der Waals surface area contributed by atoms with Crippen LogP contribution < -0.4 is 10.2 Å². The molecule has 3 heterocycles. The zero-order chi connectivity index (χ0) is 23.1. The van der Waals surface area contributed by atoms with Crippen LogP contribution in [0.2, 0.25) is 10.0 Å². The predicted molar refractivity (Wildman–Crippen MR) is 134 cm³/mol. The molecule has 6 nitrogen and oxygen atoms in total. The maximum atomic E-state index is 12.8. The van der Waals surface area contributed by atoms with Gasteiger partial charge in [0, 0.05) is 41.4 Å². The normalized spacial score (nSPS) is 22.2. The highest BCUT2D eigenvalue weighted by atomic mass is 35.5. The van der Waals surface area contributed by atoms with E-state index in [-0.39, 0.29) is 24.0 Å². The van der Waals surface area contributed by atoms with E-state index in [4.69, 9.17) is 23.2 Å². The number of nitrogens with zero attached hydrogens (tertiary/aromatic N) is 4. The maximum absolute atomic E-state index is 12.8. The lowest BCUT2D eigenvalue weighted by molar-refractivity contribution is -0.133. The van der Waals surface area contributed by atoms with Gasteiger partial charge in [-0.2, -0.15) is 0 Å². The fraction of sp³-hybridized carbons (Fsp3) is 0.440. The van der Waals surface area contributed by atoms with Crippen molar-refractivity contribution in [3.05, 3.63) is 58.3 Å². The second-order valence-corrected chi connectivity index (χ2v) is 9.99. The van der Waals surface area contributed by atoms with Crippen LogP contribution in [-0.4, -0.2) is 58.6 Å². The summed E-state index contributed by atoms with van der Waals surface area (Å²) in [5.74, 6) is 0.251. The molecule has 2 aliphatic rings. The van der Waals surface area contributed by atoms with Crippen molar-refractivity contribution < 1.29 is 4.79 Å². The highest BCUT2D eigenvalue weighted by Crippen LogP contribution is 2.32. The Labute approximate surface area is 204 Å². The second kappa shape index (κ2) is 9.16. The van der Waals surface area contributed by atoms with E-state index in [1.807, 2.05) is 23.4 Å². The molecule has 3 atom stereocenters. The monoisotopic (exact) mass is 485 g/mol. The summed E-state index contributed by atoms with van der Waals surface area (Å²) < 4.78 is 2.16. The van der Waals surface area contributed by atoms with E-state index in [1.165, 1.54) is 0 Å². The minimum atomic E-state index is -0.00405. The molecular weight excluding hydrogens is 457 g/mol. The van der Waals surface area contributed by atoms with Crippen LogP contribution in [0.1, 0.15) is 38.3 Å². The van der Waals surface area contributed by atoms with Crippen LogP contribution in [0, 0.1) is 0 Å². The molecule has 1 amide bonds. The van der Waals surface area contributed by atoms with Crippen molar-refractivity contribution in [2.45, 2.75) is 44.8 Å². The molecule has 5 rings (SSSR count). The summed E-state index contributed by atoms with van der Waals surface area (Å²) in [6.45, 7) is 7.56. The number of anilines is 1. The first-order chi connectivity index (χ1) is 15.9. The first-order valence-electron chi connectivity index (χ1n) is 11.6. The summed E-state index contributed by atoms with van der Waals surface area (Å²) in [5, 5.41) is 4.62. The largest absolute Gasteiger partial charge is 0.365 e. The van der Waals surface area contributed by atoms with Crippen molar-refractivity contribution in [3.8, 4) is 0 Å². The third kappa shape index (κ3) is 4.32. The number of piperazine rings is 1. The highest BCUT2D eigenvalue weighted by molar-refractivity contribution is 6.35. The number of halogens is 2. The van der Waals surface area contributed by atoms with E-state index in [9.17, 15) is 4.79 Å². The van der Waals surface area contributed by atoms with Crippen molar-refractivity contribution in [1.82, 2.24) is 19.8 Å². The van der Waals surface area contributed by atoms with Crippen LogP contribution in [0.5, 0.6) is 0 Å². The van der Waals surface area contributed by atoms with Gasteiger partial charge in [-0.1, -0.05) is 29.3 Å². The smallest absolute Gasteiger partial charge is 0.239 e. The molecule has 0 saturated carbocycles. The van der Waals surface area contributed by atoms with Crippen molar-refractivity contribution in [2.24, 2.45) is 0 Å². The quantitative estimate of drug-likeness (QED) is 0.579. The number of hydrogen-bond donors (Lipinski definition) is 1. The molecule has 2 aliphatic heterocycles. The van der Waals surface area contributed by atoms with E-state index in [1.54, 1.807) is 6.07 Å². The van der Waals surface area contributed by atoms with E-state index in [0.29, 0.717) is 10.0 Å². The van der Waals surface area contributed by atoms with E-state index in [0.717, 1.165) is 61.3 Å². The summed E-state index contributed by atoms with van der Waals surface area (Å²) in [5.41, 5.74) is 4.17. The number of carbonyl (C=O) groups is 1. The molecule has 2 fully saturated rings. The van der Waals surface area contributed by atoms with Gasteiger partial charge >= 0.3 is 0 Å². The number of nitrogens with one attached hydrogen (secondary N) is 1. The Morgan fingerprint density at radius 2 is 2.03 bits per heavy atom. The van der Waals surface area contributed by atoms with Gasteiger partial charge in [-0.15, -0.1) is 0 Å². The molecule has 33 heavy (non-hydrogen) atoms. The van der Waals surface area contributed by atoms with Gasteiger partial charge in [-0.05, 0) is 69.1 Å². The average Bonchev–Trinajstić information content (AvgIpc) is 3.48. The average molecular weight is 486 g/mol. The lowest BCUT2D eigenvalue weighted by atomic mass is 10.1. The van der Waals surface area contributed by atoms with Gasteiger partial charge in [-0.3, -0.25) is 4.79 Å². The van der Waals surface area contributed by atoms with Gasteiger partial charge in [0.15, 0.2) is 0 Å². The Balaban J connectivity index is 1.38. The van der Waals surface area contributed by atoms with Crippen LogP contribution in [0.4, 0.5) is 5.69 Å². The summed E-state index contributed by atoms with van der Waals surface area (Å²) in [4.78, 5) is 21.9. The number of rotatable bonds is 4. The van der Waals surface area contributed by atoms with Gasteiger partial charge in [0.25, 0.3) is 0 Å². The maximum Gasteiger partial charge on any atom is 0.239 e. The van der Waals surface area contributed by atoms with Crippen LogP contribution in [0.3, 0.4) is 0 Å². The number of imidazole rings is 1. The Bertz CT molecular complexity index is 1170. The molecule has 1 aromatic heterocycles. The molecule has 0 bridgehead atoms. The Kier molecular flexibility index (Phi) is 6.25. The molecule has 0 spiro atoms. The Morgan fingerprint density at radius 1 is 1.18 bits per heavy atom. The number of fused-ring (bicyclic) bond motifs is 1. The molecule has 2 unspecified atom stereocenters. The van der Waals surface area contributed by atoms with Crippen LogP contribution in [0.25, 0.3) is 11.0 Å². The van der Waals surface area contributed by atoms with Crippen LogP contribution in [-0.2, 0) is 4.79 Å². The lowest BCUT2D eigenvalue weighted by Gasteiger charge is -2.42. The van der Waals surface area contributed by atoms with Gasteiger partial charge < -0.3 is 19.7 Å². The summed E-state index contributed by atoms with van der Waals surface area (Å²) >= 11 is 12.6. The first-order valence-corrected chi connectivity index (χ1v) is 12.4. The number of aromatic nitrogens is 2. The summed E-state index contributed by atoms with van der Waals surface area (Å²) in [7, 11) is 0. The molecule has 3 aromatic rings. The Hall–Kier alpha value is -2.28. The zero-order valence-corrected chi connectivity index (χ0v) is 20.5. The van der Waals surface area contributed by atoms with E-state index in [2.05, 4.69) is 51.8 Å². The zero-order valence-electron chi connectivity index (χ0n) is 19.0. The molecule has 8 heteroatoms. The van der Waals surface area contributed by atoms with Crippen LogP contribution >= 0.6 is 23.2 Å². The minimum absolute atomic E-state index is 0.00405. The van der Waals surface area contributed by atoms with Crippen molar-refractivity contribution in [2.75, 3.05) is 31.1 Å². The fourth-order valence-corrected chi connectivity index (χ4v) is 5.72. The third-order valence-electron chi connectivity index (χ3n) is 7.02. The second-order valence-electron chi connectivity index (χ2n) is 9.14. The number of hydrogen-bond acceptors (Lipinski definition) is 4. The van der Waals surface area contributed by atoms with Gasteiger partial charge in [0.05, 0.1) is 29.4 Å².